The molecule has 2 N–H and O–H groups in total. The minimum Gasteiger partial charge on any atom is -0.508 e. The van der Waals surface area contributed by atoms with Gasteiger partial charge in [-0.05, 0) is 67.2 Å². The summed E-state index contributed by atoms with van der Waals surface area (Å²) >= 11 is 0. The van der Waals surface area contributed by atoms with Crippen molar-refractivity contribution in [3.8, 4) is 5.75 Å². The first-order valence-corrected chi connectivity index (χ1v) is 7.79. The smallest absolute Gasteiger partial charge is 0.115 e. The maximum Gasteiger partial charge on any atom is 0.115 e. The Morgan fingerprint density at radius 2 is 2.10 bits per heavy atom. The van der Waals surface area contributed by atoms with Crippen molar-refractivity contribution in [2.45, 2.75) is 57.5 Å². The summed E-state index contributed by atoms with van der Waals surface area (Å²) in [5, 5.41) is 19.7. The molecule has 4 rings (SSSR count). The monoisotopic (exact) mass is 270 g/mol. The first kappa shape index (κ1) is 12.5. The highest BCUT2D eigenvalue weighted by molar-refractivity contribution is 5.48. The Hall–Kier alpha value is -1.28. The summed E-state index contributed by atoms with van der Waals surface area (Å²) in [6, 6.07) is 5.88. The molecule has 3 atom stereocenters. The Labute approximate surface area is 120 Å². The molecule has 0 aromatic heterocycles. The highest BCUT2D eigenvalue weighted by Crippen LogP contribution is 2.57. The molecule has 0 unspecified atom stereocenters. The molecule has 20 heavy (non-hydrogen) atoms. The van der Waals surface area contributed by atoms with Crippen molar-refractivity contribution in [2.75, 3.05) is 0 Å². The molecule has 2 nitrogen and oxygen atoms in total. The number of phenols is 1. The molecule has 1 fully saturated rings. The number of aliphatic hydroxyl groups excluding tert-OH is 1. The fourth-order valence-corrected chi connectivity index (χ4v) is 4.90. The predicted molar refractivity (Wildman–Crippen MR) is 78.8 cm³/mol. The van der Waals surface area contributed by atoms with E-state index in [-0.39, 0.29) is 11.5 Å². The van der Waals surface area contributed by atoms with Crippen molar-refractivity contribution < 1.29 is 10.2 Å². The van der Waals surface area contributed by atoms with E-state index in [2.05, 4.69) is 13.0 Å². The van der Waals surface area contributed by atoms with E-state index in [4.69, 9.17) is 0 Å². The highest BCUT2D eigenvalue weighted by atomic mass is 16.3. The van der Waals surface area contributed by atoms with E-state index in [0.717, 1.165) is 25.7 Å². The zero-order valence-corrected chi connectivity index (χ0v) is 12.0. The van der Waals surface area contributed by atoms with Crippen LogP contribution in [0.2, 0.25) is 0 Å². The lowest BCUT2D eigenvalue weighted by Gasteiger charge is -2.41. The van der Waals surface area contributed by atoms with E-state index >= 15 is 0 Å². The average molecular weight is 270 g/mol. The van der Waals surface area contributed by atoms with Gasteiger partial charge in [-0.25, -0.2) is 0 Å². The average Bonchev–Trinajstić information content (AvgIpc) is 2.72. The Morgan fingerprint density at radius 3 is 2.95 bits per heavy atom. The van der Waals surface area contributed by atoms with Crippen LogP contribution in [0.1, 0.15) is 56.1 Å². The van der Waals surface area contributed by atoms with Crippen LogP contribution < -0.4 is 0 Å². The van der Waals surface area contributed by atoms with Gasteiger partial charge in [-0.1, -0.05) is 24.1 Å². The van der Waals surface area contributed by atoms with Gasteiger partial charge in [-0.15, -0.1) is 0 Å². The van der Waals surface area contributed by atoms with Gasteiger partial charge in [0.1, 0.15) is 5.75 Å². The Morgan fingerprint density at radius 1 is 1.25 bits per heavy atom. The van der Waals surface area contributed by atoms with Gasteiger partial charge in [-0.2, -0.15) is 0 Å². The maximum atomic E-state index is 10.1. The van der Waals surface area contributed by atoms with Gasteiger partial charge in [0, 0.05) is 5.92 Å². The van der Waals surface area contributed by atoms with Crippen molar-refractivity contribution in [2.24, 2.45) is 5.41 Å². The molecule has 0 aliphatic heterocycles. The van der Waals surface area contributed by atoms with Crippen molar-refractivity contribution in [3.63, 3.8) is 0 Å². The fourth-order valence-electron chi connectivity index (χ4n) is 4.90. The van der Waals surface area contributed by atoms with Gasteiger partial charge < -0.3 is 10.2 Å². The topological polar surface area (TPSA) is 40.5 Å². The lowest BCUT2D eigenvalue weighted by Crippen LogP contribution is -2.27. The number of phenolic OH excluding ortho intramolecular Hbond substituents is 1. The first-order chi connectivity index (χ1) is 9.57. The second-order valence-corrected chi connectivity index (χ2v) is 7.10. The standard InChI is InChI=1S/C18H22O2/c1-18-7-6-15-14-5-3-12(19)8-11(14)2-4-16(15)17(18)9-13(20)10-18/h3,5,8,13,15,19-20H,2,4,6-7,9-10H2,1H3/t13-,15-,18-/m1/s1. The van der Waals surface area contributed by atoms with E-state index in [1.165, 1.54) is 24.0 Å². The summed E-state index contributed by atoms with van der Waals surface area (Å²) in [6.07, 6.45) is 6.22. The maximum absolute atomic E-state index is 10.1. The summed E-state index contributed by atoms with van der Waals surface area (Å²) in [6.45, 7) is 2.34. The highest BCUT2D eigenvalue weighted by Gasteiger charge is 2.45. The van der Waals surface area contributed by atoms with Crippen LogP contribution in [-0.4, -0.2) is 16.3 Å². The van der Waals surface area contributed by atoms with Crippen molar-refractivity contribution in [1.29, 1.82) is 0 Å². The van der Waals surface area contributed by atoms with Crippen molar-refractivity contribution >= 4 is 0 Å². The van der Waals surface area contributed by atoms with E-state index in [0.29, 0.717) is 11.7 Å². The van der Waals surface area contributed by atoms with Gasteiger partial charge in [-0.3, -0.25) is 0 Å². The quantitative estimate of drug-likeness (QED) is 0.706. The molecule has 0 heterocycles. The molecule has 0 saturated heterocycles. The number of hydrogen-bond acceptors (Lipinski definition) is 2. The lowest BCUT2D eigenvalue weighted by molar-refractivity contribution is 0.159. The van der Waals surface area contributed by atoms with Crippen LogP contribution in [0.4, 0.5) is 0 Å². The number of benzene rings is 1. The van der Waals surface area contributed by atoms with Gasteiger partial charge in [0.25, 0.3) is 0 Å². The van der Waals surface area contributed by atoms with Gasteiger partial charge >= 0.3 is 0 Å². The largest absolute Gasteiger partial charge is 0.508 e. The molecule has 0 amide bonds. The summed E-state index contributed by atoms with van der Waals surface area (Å²) in [7, 11) is 0. The molecule has 0 radical (unpaired) electrons. The zero-order valence-electron chi connectivity index (χ0n) is 12.0. The van der Waals surface area contributed by atoms with Crippen molar-refractivity contribution in [1.82, 2.24) is 0 Å². The number of aromatic hydroxyl groups is 1. The van der Waals surface area contributed by atoms with Crippen LogP contribution in [0.15, 0.2) is 29.3 Å². The minimum atomic E-state index is -0.137. The molecule has 1 saturated carbocycles. The third kappa shape index (κ3) is 1.67. The normalized spacial score (nSPS) is 35.5. The molecule has 0 bridgehead atoms. The fraction of sp³-hybridized carbons (Fsp3) is 0.556. The molecular weight excluding hydrogens is 248 g/mol. The molecular formula is C18H22O2. The SMILES string of the molecule is C[C@]12CC[C@H]3C(=C1C[C@@H](O)C2)CCc1cc(O)ccc13. The number of aliphatic hydroxyl groups is 1. The number of rotatable bonds is 0. The molecule has 3 aliphatic carbocycles. The van der Waals surface area contributed by atoms with Crippen LogP contribution in [-0.2, 0) is 6.42 Å². The van der Waals surface area contributed by atoms with E-state index < -0.39 is 0 Å². The number of hydrogen-bond donors (Lipinski definition) is 2. The molecule has 1 aromatic rings. The van der Waals surface area contributed by atoms with Crippen LogP contribution in [0, 0.1) is 5.41 Å². The molecule has 3 aliphatic rings. The Kier molecular flexibility index (Phi) is 2.56. The van der Waals surface area contributed by atoms with Crippen LogP contribution in [0.5, 0.6) is 5.75 Å². The summed E-state index contributed by atoms with van der Waals surface area (Å²) in [4.78, 5) is 0. The molecule has 106 valence electrons. The molecule has 0 spiro atoms. The second kappa shape index (κ2) is 4.11. The Bertz CT molecular complexity index is 601. The van der Waals surface area contributed by atoms with Gasteiger partial charge in [0.15, 0.2) is 0 Å². The van der Waals surface area contributed by atoms with Crippen LogP contribution in [0.3, 0.4) is 0 Å². The summed E-state index contributed by atoms with van der Waals surface area (Å²) in [5.41, 5.74) is 6.15. The number of allylic oxidation sites excluding steroid dienone is 1. The van der Waals surface area contributed by atoms with E-state index in [1.54, 1.807) is 11.1 Å². The third-order valence-corrected chi connectivity index (χ3v) is 5.81. The predicted octanol–water partition coefficient (Wildman–Crippen LogP) is 3.67. The third-order valence-electron chi connectivity index (χ3n) is 5.81. The minimum absolute atomic E-state index is 0.137. The van der Waals surface area contributed by atoms with Crippen LogP contribution in [0.25, 0.3) is 0 Å². The molecule has 2 heteroatoms. The number of fused-ring (bicyclic) bond motifs is 4. The van der Waals surface area contributed by atoms with Crippen LogP contribution >= 0.6 is 0 Å². The van der Waals surface area contributed by atoms with Crippen molar-refractivity contribution in [3.05, 3.63) is 40.5 Å². The lowest BCUT2D eigenvalue weighted by atomic mass is 9.64. The van der Waals surface area contributed by atoms with Gasteiger partial charge in [0.05, 0.1) is 6.10 Å². The zero-order chi connectivity index (χ0) is 13.9. The Balaban J connectivity index is 1.83. The molecule has 1 aromatic carbocycles. The van der Waals surface area contributed by atoms with E-state index in [1.807, 2.05) is 12.1 Å². The number of aryl methyl sites for hydroxylation is 1. The van der Waals surface area contributed by atoms with Gasteiger partial charge in [0.2, 0.25) is 0 Å². The van der Waals surface area contributed by atoms with E-state index in [9.17, 15) is 10.2 Å². The summed E-state index contributed by atoms with van der Waals surface area (Å²) < 4.78 is 0. The second-order valence-electron chi connectivity index (χ2n) is 7.10. The summed E-state index contributed by atoms with van der Waals surface area (Å²) in [5.74, 6) is 0.921. The first-order valence-electron chi connectivity index (χ1n) is 7.79.